The highest BCUT2D eigenvalue weighted by molar-refractivity contribution is 5.44. The second-order valence-corrected chi connectivity index (χ2v) is 5.31. The second-order valence-electron chi connectivity index (χ2n) is 5.31. The monoisotopic (exact) mass is 250 g/mol. The molecule has 0 spiro atoms. The van der Waals surface area contributed by atoms with Crippen molar-refractivity contribution in [3.63, 3.8) is 0 Å². The maximum Gasteiger partial charge on any atom is 0.125 e. The molecule has 0 fully saturated rings. The van der Waals surface area contributed by atoms with E-state index in [0.29, 0.717) is 6.61 Å². The van der Waals surface area contributed by atoms with Gasteiger partial charge in [0.2, 0.25) is 0 Å². The summed E-state index contributed by atoms with van der Waals surface area (Å²) in [5.74, 6) is 1.02. The summed E-state index contributed by atoms with van der Waals surface area (Å²) in [7, 11) is 4.07. The summed E-state index contributed by atoms with van der Waals surface area (Å²) in [6.07, 6.45) is 0.880. The van der Waals surface area contributed by atoms with Crippen LogP contribution in [0.5, 0.6) is 5.75 Å². The summed E-state index contributed by atoms with van der Waals surface area (Å²) < 4.78 is 5.90. The first-order valence-electron chi connectivity index (χ1n) is 6.51. The van der Waals surface area contributed by atoms with Gasteiger partial charge in [0.1, 0.15) is 5.75 Å². The predicted molar refractivity (Wildman–Crippen MR) is 77.3 cm³/mol. The average Bonchev–Trinajstić information content (AvgIpc) is 2.27. The highest BCUT2D eigenvalue weighted by atomic mass is 16.5. The van der Waals surface area contributed by atoms with Crippen LogP contribution in [0.15, 0.2) is 12.1 Å². The summed E-state index contributed by atoms with van der Waals surface area (Å²) in [6, 6.07) is 4.41. The molecule has 0 aliphatic rings. The predicted octanol–water partition coefficient (Wildman–Crippen LogP) is 2.27. The van der Waals surface area contributed by atoms with E-state index in [-0.39, 0.29) is 6.04 Å². The van der Waals surface area contributed by atoms with Crippen LogP contribution < -0.4 is 10.5 Å². The summed E-state index contributed by atoms with van der Waals surface area (Å²) in [5.41, 5.74) is 9.72. The third kappa shape index (κ3) is 4.31. The van der Waals surface area contributed by atoms with Crippen LogP contribution in [-0.4, -0.2) is 38.2 Å². The maximum atomic E-state index is 6.02. The van der Waals surface area contributed by atoms with E-state index in [1.165, 1.54) is 16.7 Å². The van der Waals surface area contributed by atoms with Gasteiger partial charge in [0.25, 0.3) is 0 Å². The van der Waals surface area contributed by atoms with Crippen molar-refractivity contribution in [1.29, 1.82) is 0 Å². The highest BCUT2D eigenvalue weighted by Crippen LogP contribution is 2.25. The minimum Gasteiger partial charge on any atom is -0.493 e. The van der Waals surface area contributed by atoms with Gasteiger partial charge in [-0.25, -0.2) is 0 Å². The first kappa shape index (κ1) is 15.0. The van der Waals surface area contributed by atoms with Crippen molar-refractivity contribution in [2.45, 2.75) is 33.2 Å². The lowest BCUT2D eigenvalue weighted by Crippen LogP contribution is -2.34. The van der Waals surface area contributed by atoms with Crippen LogP contribution in [0.2, 0.25) is 0 Å². The van der Waals surface area contributed by atoms with Gasteiger partial charge in [0, 0.05) is 12.6 Å². The van der Waals surface area contributed by atoms with Crippen LogP contribution >= 0.6 is 0 Å². The molecule has 0 heterocycles. The van der Waals surface area contributed by atoms with E-state index in [1.807, 2.05) is 14.1 Å². The number of likely N-dealkylation sites (N-methyl/N-ethyl adjacent to an activating group) is 1. The average molecular weight is 250 g/mol. The minimum atomic E-state index is 0.172. The van der Waals surface area contributed by atoms with E-state index in [1.54, 1.807) is 0 Å². The number of ether oxygens (including phenoxy) is 1. The molecule has 2 N–H and O–H groups in total. The third-order valence-corrected chi connectivity index (χ3v) is 3.21. The Labute approximate surface area is 111 Å². The molecule has 1 rings (SSSR count). The van der Waals surface area contributed by atoms with E-state index in [4.69, 9.17) is 10.5 Å². The van der Waals surface area contributed by atoms with Crippen LogP contribution in [0.3, 0.4) is 0 Å². The first-order valence-corrected chi connectivity index (χ1v) is 6.51. The van der Waals surface area contributed by atoms with E-state index < -0.39 is 0 Å². The number of aryl methyl sites for hydroxylation is 2. The van der Waals surface area contributed by atoms with Crippen molar-refractivity contribution < 1.29 is 4.74 Å². The van der Waals surface area contributed by atoms with Crippen LogP contribution in [-0.2, 0) is 0 Å². The first-order chi connectivity index (χ1) is 8.41. The molecule has 0 aliphatic heterocycles. The number of benzene rings is 1. The van der Waals surface area contributed by atoms with E-state index >= 15 is 0 Å². The van der Waals surface area contributed by atoms with Crippen LogP contribution in [0.4, 0.5) is 0 Å². The molecule has 0 radical (unpaired) electrons. The number of nitrogens with zero attached hydrogens (tertiary/aromatic N) is 1. The van der Waals surface area contributed by atoms with Crippen LogP contribution in [0.1, 0.15) is 23.1 Å². The molecule has 0 bridgehead atoms. The molecule has 1 unspecified atom stereocenters. The molecule has 0 saturated heterocycles. The summed E-state index contributed by atoms with van der Waals surface area (Å²) >= 11 is 0. The Balaban J connectivity index is 2.51. The molecule has 0 saturated carbocycles. The minimum absolute atomic E-state index is 0.172. The Morgan fingerprint density at radius 2 is 1.78 bits per heavy atom. The molecule has 0 aromatic heterocycles. The number of hydrogen-bond acceptors (Lipinski definition) is 3. The Morgan fingerprint density at radius 3 is 2.39 bits per heavy atom. The molecule has 102 valence electrons. The fourth-order valence-electron chi connectivity index (χ4n) is 2.02. The van der Waals surface area contributed by atoms with Crippen LogP contribution in [0, 0.1) is 20.8 Å². The van der Waals surface area contributed by atoms with Gasteiger partial charge in [-0.3, -0.25) is 0 Å². The van der Waals surface area contributed by atoms with Crippen molar-refractivity contribution in [2.24, 2.45) is 5.73 Å². The van der Waals surface area contributed by atoms with Gasteiger partial charge in [0.05, 0.1) is 6.61 Å². The Kier molecular flexibility index (Phi) is 5.63. The van der Waals surface area contributed by atoms with Crippen molar-refractivity contribution in [1.82, 2.24) is 4.90 Å². The summed E-state index contributed by atoms with van der Waals surface area (Å²) in [5, 5.41) is 0. The molecule has 1 aromatic rings. The van der Waals surface area contributed by atoms with Gasteiger partial charge in [-0.15, -0.1) is 0 Å². The Hall–Kier alpha value is -1.06. The standard InChI is InChI=1S/C15H26N2O/c1-11-6-7-12(2)15(13(11)3)18-9-8-14(16)10-17(4)5/h6-7,14H,8-10,16H2,1-5H3. The van der Waals surface area contributed by atoms with Crippen LogP contribution in [0.25, 0.3) is 0 Å². The topological polar surface area (TPSA) is 38.5 Å². The molecule has 3 heteroatoms. The lowest BCUT2D eigenvalue weighted by molar-refractivity contribution is 0.274. The third-order valence-electron chi connectivity index (χ3n) is 3.21. The fraction of sp³-hybridized carbons (Fsp3) is 0.600. The van der Waals surface area contributed by atoms with Crippen molar-refractivity contribution >= 4 is 0 Å². The van der Waals surface area contributed by atoms with Gasteiger partial charge in [0.15, 0.2) is 0 Å². The van der Waals surface area contributed by atoms with Gasteiger partial charge in [-0.05, 0) is 58.0 Å². The van der Waals surface area contributed by atoms with Gasteiger partial charge in [-0.2, -0.15) is 0 Å². The highest BCUT2D eigenvalue weighted by Gasteiger charge is 2.08. The van der Waals surface area contributed by atoms with Crippen molar-refractivity contribution in [2.75, 3.05) is 27.2 Å². The lowest BCUT2D eigenvalue weighted by Gasteiger charge is -2.18. The van der Waals surface area contributed by atoms with Gasteiger partial charge >= 0.3 is 0 Å². The van der Waals surface area contributed by atoms with E-state index in [0.717, 1.165) is 18.7 Å². The number of hydrogen-bond donors (Lipinski definition) is 1. The zero-order chi connectivity index (χ0) is 13.7. The normalized spacial score (nSPS) is 12.8. The smallest absolute Gasteiger partial charge is 0.125 e. The molecule has 1 aromatic carbocycles. The van der Waals surface area contributed by atoms with E-state index in [2.05, 4.69) is 37.8 Å². The van der Waals surface area contributed by atoms with Gasteiger partial charge in [-0.1, -0.05) is 12.1 Å². The van der Waals surface area contributed by atoms with Crippen molar-refractivity contribution in [3.8, 4) is 5.75 Å². The molecular weight excluding hydrogens is 224 g/mol. The largest absolute Gasteiger partial charge is 0.493 e. The fourth-order valence-corrected chi connectivity index (χ4v) is 2.02. The second kappa shape index (κ2) is 6.76. The Bertz CT molecular complexity index is 388. The molecule has 3 nitrogen and oxygen atoms in total. The molecule has 18 heavy (non-hydrogen) atoms. The zero-order valence-corrected chi connectivity index (χ0v) is 12.3. The quantitative estimate of drug-likeness (QED) is 0.841. The zero-order valence-electron chi connectivity index (χ0n) is 12.3. The number of nitrogens with two attached hydrogens (primary N) is 1. The SMILES string of the molecule is Cc1ccc(C)c(OCCC(N)CN(C)C)c1C. The molecule has 0 amide bonds. The Morgan fingerprint density at radius 1 is 1.17 bits per heavy atom. The summed E-state index contributed by atoms with van der Waals surface area (Å²) in [4.78, 5) is 2.10. The van der Waals surface area contributed by atoms with Gasteiger partial charge < -0.3 is 15.4 Å². The maximum absolute atomic E-state index is 6.02. The molecule has 0 aliphatic carbocycles. The molecule has 1 atom stereocenters. The number of rotatable bonds is 6. The van der Waals surface area contributed by atoms with E-state index in [9.17, 15) is 0 Å². The lowest BCUT2D eigenvalue weighted by atomic mass is 10.1. The molecular formula is C15H26N2O. The summed E-state index contributed by atoms with van der Waals surface area (Å²) in [6.45, 7) is 7.88. The van der Waals surface area contributed by atoms with Crippen molar-refractivity contribution in [3.05, 3.63) is 28.8 Å².